The second-order valence-electron chi connectivity index (χ2n) is 3.37. The molecule has 4 heteroatoms. The molecule has 0 aliphatic carbocycles. The first-order valence-corrected chi connectivity index (χ1v) is 3.74. The minimum absolute atomic E-state index is 0.519. The zero-order valence-corrected chi connectivity index (χ0v) is 6.71. The number of hydrogen-bond acceptors (Lipinski definition) is 3. The molecule has 64 valence electrons. The Balaban J connectivity index is 2.32. The largest absolute Gasteiger partial charge is 0.481 e. The van der Waals surface area contributed by atoms with E-state index in [-0.39, 0.29) is 0 Å². The van der Waals surface area contributed by atoms with Crippen LogP contribution in [0.5, 0.6) is 0 Å². The molecule has 0 aromatic carbocycles. The maximum atomic E-state index is 10.6. The molecule has 0 spiro atoms. The molecule has 0 bridgehead atoms. The van der Waals surface area contributed by atoms with Crippen molar-refractivity contribution in [1.29, 1.82) is 0 Å². The lowest BCUT2D eigenvalue weighted by molar-refractivity contribution is -0.158. The van der Waals surface area contributed by atoms with E-state index in [4.69, 9.17) is 10.8 Å². The number of nitrogens with two attached hydrogens (primary N) is 1. The summed E-state index contributed by atoms with van der Waals surface area (Å²) in [5, 5.41) is 8.72. The maximum absolute atomic E-state index is 10.6. The van der Waals surface area contributed by atoms with E-state index in [1.54, 1.807) is 6.92 Å². The average molecular weight is 158 g/mol. The highest BCUT2D eigenvalue weighted by Crippen LogP contribution is 2.28. The van der Waals surface area contributed by atoms with Gasteiger partial charge in [0.05, 0.1) is 5.41 Å². The van der Waals surface area contributed by atoms with Crippen molar-refractivity contribution < 1.29 is 9.90 Å². The number of carboxylic acid groups (broad SMARTS) is 1. The summed E-state index contributed by atoms with van der Waals surface area (Å²) in [5.74, 6) is -0.703. The number of rotatable bonds is 3. The zero-order valence-electron chi connectivity index (χ0n) is 6.71. The topological polar surface area (TPSA) is 66.6 Å². The third-order valence-electron chi connectivity index (χ3n) is 2.11. The van der Waals surface area contributed by atoms with E-state index >= 15 is 0 Å². The van der Waals surface area contributed by atoms with E-state index in [9.17, 15) is 4.79 Å². The van der Waals surface area contributed by atoms with Gasteiger partial charge in [0.15, 0.2) is 0 Å². The monoisotopic (exact) mass is 158 g/mol. The Bertz CT molecular complexity index is 164. The molecule has 1 fully saturated rings. The van der Waals surface area contributed by atoms with Gasteiger partial charge in [0, 0.05) is 26.2 Å². The van der Waals surface area contributed by atoms with Gasteiger partial charge in [-0.2, -0.15) is 0 Å². The zero-order chi connectivity index (χ0) is 8.48. The SMILES string of the molecule is CC1(C(=O)O)CN(CCN)C1. The van der Waals surface area contributed by atoms with E-state index in [1.807, 2.05) is 4.90 Å². The van der Waals surface area contributed by atoms with Crippen molar-refractivity contribution in [3.8, 4) is 0 Å². The Morgan fingerprint density at radius 3 is 2.64 bits per heavy atom. The van der Waals surface area contributed by atoms with Gasteiger partial charge in [-0.1, -0.05) is 0 Å². The fourth-order valence-electron chi connectivity index (χ4n) is 1.42. The number of carbonyl (C=O) groups is 1. The van der Waals surface area contributed by atoms with Crippen molar-refractivity contribution in [3.63, 3.8) is 0 Å². The first kappa shape index (κ1) is 8.49. The summed E-state index contributed by atoms with van der Waals surface area (Å²) in [4.78, 5) is 12.6. The second-order valence-corrected chi connectivity index (χ2v) is 3.37. The highest BCUT2D eigenvalue weighted by atomic mass is 16.4. The molecule has 0 atom stereocenters. The molecule has 0 aromatic heterocycles. The number of likely N-dealkylation sites (tertiary alicyclic amines) is 1. The molecule has 4 nitrogen and oxygen atoms in total. The second kappa shape index (κ2) is 2.79. The Hall–Kier alpha value is -0.610. The average Bonchev–Trinajstić information content (AvgIpc) is 1.84. The lowest BCUT2D eigenvalue weighted by atomic mass is 9.82. The summed E-state index contributed by atoms with van der Waals surface area (Å²) in [7, 11) is 0. The molecule has 3 N–H and O–H groups in total. The fraction of sp³-hybridized carbons (Fsp3) is 0.857. The summed E-state index contributed by atoms with van der Waals surface area (Å²) >= 11 is 0. The predicted molar refractivity (Wildman–Crippen MR) is 41.2 cm³/mol. The summed E-state index contributed by atoms with van der Waals surface area (Å²) in [6.45, 7) is 4.46. The lowest BCUT2D eigenvalue weighted by Gasteiger charge is -2.44. The third-order valence-corrected chi connectivity index (χ3v) is 2.11. The molecular weight excluding hydrogens is 144 g/mol. The molecule has 1 aliphatic heterocycles. The standard InChI is InChI=1S/C7H14N2O2/c1-7(6(10)11)4-9(5-7)3-2-8/h2-5,8H2,1H3,(H,10,11). The Morgan fingerprint density at radius 2 is 2.27 bits per heavy atom. The molecule has 1 rings (SSSR count). The molecule has 1 saturated heterocycles. The normalized spacial score (nSPS) is 22.7. The predicted octanol–water partition coefficient (Wildman–Crippen LogP) is -0.648. The van der Waals surface area contributed by atoms with Crippen molar-refractivity contribution >= 4 is 5.97 Å². The molecule has 0 aromatic rings. The van der Waals surface area contributed by atoms with Crippen molar-refractivity contribution in [2.24, 2.45) is 11.1 Å². The van der Waals surface area contributed by atoms with Gasteiger partial charge in [-0.15, -0.1) is 0 Å². The van der Waals surface area contributed by atoms with Crippen LogP contribution in [0.2, 0.25) is 0 Å². The van der Waals surface area contributed by atoms with Crippen LogP contribution in [0.4, 0.5) is 0 Å². The molecule has 0 unspecified atom stereocenters. The molecule has 0 radical (unpaired) electrons. The van der Waals surface area contributed by atoms with Crippen molar-refractivity contribution in [2.45, 2.75) is 6.92 Å². The molecule has 1 aliphatic rings. The third kappa shape index (κ3) is 1.52. The fourth-order valence-corrected chi connectivity index (χ4v) is 1.42. The van der Waals surface area contributed by atoms with Crippen LogP contribution in [-0.2, 0) is 4.79 Å². The summed E-state index contributed by atoms with van der Waals surface area (Å²) in [6.07, 6.45) is 0. The Morgan fingerprint density at radius 1 is 1.73 bits per heavy atom. The highest BCUT2D eigenvalue weighted by Gasteiger charge is 2.44. The van der Waals surface area contributed by atoms with Crippen molar-refractivity contribution in [3.05, 3.63) is 0 Å². The van der Waals surface area contributed by atoms with Crippen LogP contribution >= 0.6 is 0 Å². The molecule has 11 heavy (non-hydrogen) atoms. The smallest absolute Gasteiger partial charge is 0.311 e. The van der Waals surface area contributed by atoms with E-state index in [2.05, 4.69) is 0 Å². The molecule has 0 saturated carbocycles. The highest BCUT2D eigenvalue weighted by molar-refractivity contribution is 5.76. The quantitative estimate of drug-likeness (QED) is 0.573. The van der Waals surface area contributed by atoms with Crippen molar-refractivity contribution in [2.75, 3.05) is 26.2 Å². The number of aliphatic carboxylic acids is 1. The maximum Gasteiger partial charge on any atom is 0.311 e. The first-order chi connectivity index (χ1) is 5.08. The summed E-state index contributed by atoms with van der Waals surface area (Å²) in [5.41, 5.74) is 4.80. The van der Waals surface area contributed by atoms with Crippen LogP contribution in [0.3, 0.4) is 0 Å². The number of hydrogen-bond donors (Lipinski definition) is 2. The van der Waals surface area contributed by atoms with E-state index in [1.165, 1.54) is 0 Å². The number of carboxylic acids is 1. The van der Waals surface area contributed by atoms with Gasteiger partial charge in [-0.25, -0.2) is 0 Å². The Kier molecular flexibility index (Phi) is 2.15. The summed E-state index contributed by atoms with van der Waals surface area (Å²) in [6, 6.07) is 0. The van der Waals surface area contributed by atoms with E-state index in [0.717, 1.165) is 6.54 Å². The van der Waals surface area contributed by atoms with Crippen LogP contribution in [0.1, 0.15) is 6.92 Å². The minimum Gasteiger partial charge on any atom is -0.481 e. The summed E-state index contributed by atoms with van der Waals surface area (Å²) < 4.78 is 0. The van der Waals surface area contributed by atoms with Crippen LogP contribution < -0.4 is 5.73 Å². The van der Waals surface area contributed by atoms with Crippen LogP contribution in [-0.4, -0.2) is 42.2 Å². The van der Waals surface area contributed by atoms with Gasteiger partial charge in [-0.3, -0.25) is 9.69 Å². The van der Waals surface area contributed by atoms with Crippen LogP contribution in [0.15, 0.2) is 0 Å². The Labute approximate surface area is 66.0 Å². The van der Waals surface area contributed by atoms with Crippen LogP contribution in [0, 0.1) is 5.41 Å². The van der Waals surface area contributed by atoms with E-state index < -0.39 is 11.4 Å². The van der Waals surface area contributed by atoms with Gasteiger partial charge in [0.25, 0.3) is 0 Å². The first-order valence-electron chi connectivity index (χ1n) is 3.74. The van der Waals surface area contributed by atoms with Gasteiger partial charge >= 0.3 is 5.97 Å². The number of nitrogens with zero attached hydrogens (tertiary/aromatic N) is 1. The van der Waals surface area contributed by atoms with Gasteiger partial charge in [-0.05, 0) is 6.92 Å². The van der Waals surface area contributed by atoms with Gasteiger partial charge < -0.3 is 10.8 Å². The van der Waals surface area contributed by atoms with Crippen LogP contribution in [0.25, 0.3) is 0 Å². The van der Waals surface area contributed by atoms with Gasteiger partial charge in [0.1, 0.15) is 0 Å². The molecular formula is C7H14N2O2. The lowest BCUT2D eigenvalue weighted by Crippen LogP contribution is -2.59. The van der Waals surface area contributed by atoms with Crippen molar-refractivity contribution in [1.82, 2.24) is 4.90 Å². The van der Waals surface area contributed by atoms with E-state index in [0.29, 0.717) is 19.6 Å². The molecule has 1 heterocycles. The molecule has 0 amide bonds. The minimum atomic E-state index is -0.703. The van der Waals surface area contributed by atoms with Gasteiger partial charge in [0.2, 0.25) is 0 Å².